The zero-order chi connectivity index (χ0) is 7.72. The Morgan fingerprint density at radius 2 is 1.90 bits per heavy atom. The van der Waals surface area contributed by atoms with E-state index in [1.807, 2.05) is 0 Å². The molecule has 1 rings (SSSR count). The molecule has 10 heavy (non-hydrogen) atoms. The molecule has 0 saturated carbocycles. The van der Waals surface area contributed by atoms with E-state index in [1.165, 1.54) is 0 Å². The van der Waals surface area contributed by atoms with Gasteiger partial charge in [0.05, 0.1) is 0 Å². The molecule has 0 fully saturated rings. The van der Waals surface area contributed by atoms with Crippen LogP contribution in [-0.2, 0) is 0 Å². The minimum atomic E-state index is -1.14. The zero-order valence-corrected chi connectivity index (χ0v) is 4.67. The standard InChI is InChI=1S/C4H4N2O4/c7-1-2(8)5-4(10)6-3(1)9/h7H,(H3,5,6,8,9,10)/p-1. The summed E-state index contributed by atoms with van der Waals surface area (Å²) in [4.78, 5) is 23.9. The summed E-state index contributed by atoms with van der Waals surface area (Å²) in [6, 6.07) is 0. The Balaban J connectivity index is 3.62. The lowest BCUT2D eigenvalue weighted by atomic mass is 10.6. The topological polar surface area (TPSA) is 109 Å². The predicted octanol–water partition coefficient (Wildman–Crippen LogP) is -2.16. The molecular weight excluding hydrogens is 140 g/mol. The number of aromatic amines is 2. The van der Waals surface area contributed by atoms with Crippen molar-refractivity contribution in [1.82, 2.24) is 9.97 Å². The first-order valence-corrected chi connectivity index (χ1v) is 2.34. The third-order valence-corrected chi connectivity index (χ3v) is 0.880. The van der Waals surface area contributed by atoms with E-state index in [0.717, 1.165) is 0 Å². The summed E-state index contributed by atoms with van der Waals surface area (Å²) in [5.74, 6) is -2.08. The normalized spacial score (nSPS) is 9.60. The Hall–Kier alpha value is -1.72. The van der Waals surface area contributed by atoms with E-state index in [9.17, 15) is 14.7 Å². The summed E-state index contributed by atoms with van der Waals surface area (Å²) in [6.07, 6.45) is 0. The van der Waals surface area contributed by atoms with Crippen LogP contribution in [0.2, 0.25) is 0 Å². The van der Waals surface area contributed by atoms with E-state index in [4.69, 9.17) is 5.11 Å². The highest BCUT2D eigenvalue weighted by molar-refractivity contribution is 5.24. The maximum atomic E-state index is 10.4. The van der Waals surface area contributed by atoms with Crippen LogP contribution in [-0.4, -0.2) is 15.1 Å². The summed E-state index contributed by atoms with van der Waals surface area (Å²) in [6.45, 7) is 0. The van der Waals surface area contributed by atoms with Crippen molar-refractivity contribution in [2.24, 2.45) is 0 Å². The van der Waals surface area contributed by atoms with Gasteiger partial charge in [0.15, 0.2) is 5.88 Å². The molecule has 0 aliphatic heterocycles. The van der Waals surface area contributed by atoms with Crippen molar-refractivity contribution in [3.63, 3.8) is 0 Å². The SMILES string of the molecule is O=c1[nH]c(O)c([O-])c(=O)[nH]1. The van der Waals surface area contributed by atoms with Crippen LogP contribution in [0.1, 0.15) is 0 Å². The van der Waals surface area contributed by atoms with Crippen LogP contribution >= 0.6 is 0 Å². The van der Waals surface area contributed by atoms with Crippen molar-refractivity contribution in [2.75, 3.05) is 0 Å². The molecule has 6 heteroatoms. The second kappa shape index (κ2) is 1.90. The molecule has 0 atom stereocenters. The number of aromatic nitrogens is 2. The Bertz CT molecular complexity index is 349. The lowest BCUT2D eigenvalue weighted by Gasteiger charge is -2.02. The van der Waals surface area contributed by atoms with Crippen molar-refractivity contribution >= 4 is 0 Å². The van der Waals surface area contributed by atoms with Gasteiger partial charge in [-0.1, -0.05) is 0 Å². The molecule has 1 aromatic rings. The Labute approximate surface area is 53.8 Å². The second-order valence-electron chi connectivity index (χ2n) is 1.59. The van der Waals surface area contributed by atoms with Crippen molar-refractivity contribution in [2.45, 2.75) is 0 Å². The summed E-state index contributed by atoms with van der Waals surface area (Å²) in [5.41, 5.74) is -2.02. The molecule has 0 unspecified atom stereocenters. The number of hydrogen-bond acceptors (Lipinski definition) is 4. The summed E-state index contributed by atoms with van der Waals surface area (Å²) >= 11 is 0. The van der Waals surface area contributed by atoms with Gasteiger partial charge >= 0.3 is 5.69 Å². The number of nitrogens with one attached hydrogen (secondary N) is 2. The molecule has 0 aromatic carbocycles. The monoisotopic (exact) mass is 143 g/mol. The lowest BCUT2D eigenvalue weighted by Crippen LogP contribution is -2.24. The molecule has 0 radical (unpaired) electrons. The maximum absolute atomic E-state index is 10.4. The van der Waals surface area contributed by atoms with Crippen LogP contribution in [0.25, 0.3) is 0 Å². The molecule has 0 aliphatic carbocycles. The number of aromatic hydroxyl groups is 1. The molecule has 1 aromatic heterocycles. The second-order valence-corrected chi connectivity index (χ2v) is 1.59. The van der Waals surface area contributed by atoms with Crippen LogP contribution < -0.4 is 16.4 Å². The molecular formula is C4H3N2O4-. The highest BCUT2D eigenvalue weighted by Gasteiger charge is 1.94. The fraction of sp³-hybridized carbons (Fsp3) is 0. The molecule has 0 saturated heterocycles. The van der Waals surface area contributed by atoms with E-state index >= 15 is 0 Å². The van der Waals surface area contributed by atoms with Gasteiger partial charge in [-0.15, -0.1) is 0 Å². The molecule has 0 aliphatic rings. The van der Waals surface area contributed by atoms with E-state index in [2.05, 4.69) is 0 Å². The van der Waals surface area contributed by atoms with Crippen molar-refractivity contribution < 1.29 is 10.2 Å². The number of rotatable bonds is 0. The minimum absolute atomic E-state index is 0.901. The molecule has 3 N–H and O–H groups in total. The van der Waals surface area contributed by atoms with Gasteiger partial charge in [-0.05, 0) is 0 Å². The van der Waals surface area contributed by atoms with E-state index < -0.39 is 22.9 Å². The minimum Gasteiger partial charge on any atom is -0.865 e. The fourth-order valence-corrected chi connectivity index (χ4v) is 0.463. The van der Waals surface area contributed by atoms with Gasteiger partial charge in [0.25, 0.3) is 0 Å². The predicted molar refractivity (Wildman–Crippen MR) is 28.8 cm³/mol. The smallest absolute Gasteiger partial charge is 0.328 e. The molecule has 0 amide bonds. The van der Waals surface area contributed by atoms with E-state index in [1.54, 1.807) is 9.97 Å². The number of hydrogen-bond donors (Lipinski definition) is 3. The average Bonchev–Trinajstić information content (AvgIpc) is 1.82. The van der Waals surface area contributed by atoms with Gasteiger partial charge in [0.2, 0.25) is 5.56 Å². The quantitative estimate of drug-likeness (QED) is 0.384. The third-order valence-electron chi connectivity index (χ3n) is 0.880. The first-order chi connectivity index (χ1) is 4.61. The summed E-state index contributed by atoms with van der Waals surface area (Å²) in [7, 11) is 0. The fourth-order valence-electron chi connectivity index (χ4n) is 0.463. The highest BCUT2D eigenvalue weighted by atomic mass is 16.3. The largest absolute Gasteiger partial charge is 0.865 e. The Morgan fingerprint density at radius 3 is 2.40 bits per heavy atom. The van der Waals surface area contributed by atoms with Crippen molar-refractivity contribution in [3.05, 3.63) is 20.8 Å². The van der Waals surface area contributed by atoms with Crippen LogP contribution in [0.5, 0.6) is 11.6 Å². The van der Waals surface area contributed by atoms with E-state index in [-0.39, 0.29) is 0 Å². The summed E-state index contributed by atoms with van der Waals surface area (Å²) < 4.78 is 0. The third kappa shape index (κ3) is 0.859. The molecule has 54 valence electrons. The zero-order valence-electron chi connectivity index (χ0n) is 4.67. The maximum Gasteiger partial charge on any atom is 0.328 e. The van der Waals surface area contributed by atoms with Gasteiger partial charge < -0.3 is 10.2 Å². The van der Waals surface area contributed by atoms with E-state index in [0.29, 0.717) is 0 Å². The van der Waals surface area contributed by atoms with Crippen LogP contribution in [0.3, 0.4) is 0 Å². The van der Waals surface area contributed by atoms with Crippen molar-refractivity contribution in [1.29, 1.82) is 0 Å². The van der Waals surface area contributed by atoms with Gasteiger partial charge in [0, 0.05) is 5.75 Å². The first kappa shape index (κ1) is 6.40. The molecule has 6 nitrogen and oxygen atoms in total. The summed E-state index contributed by atoms with van der Waals surface area (Å²) in [5, 5.41) is 18.8. The van der Waals surface area contributed by atoms with Gasteiger partial charge in [0.1, 0.15) is 0 Å². The average molecular weight is 143 g/mol. The molecule has 0 bridgehead atoms. The lowest BCUT2D eigenvalue weighted by molar-refractivity contribution is -0.273. The number of H-pyrrole nitrogens is 2. The van der Waals surface area contributed by atoms with Crippen LogP contribution in [0, 0.1) is 0 Å². The Kier molecular flexibility index (Phi) is 1.22. The Morgan fingerprint density at radius 1 is 1.30 bits per heavy atom. The van der Waals surface area contributed by atoms with Crippen molar-refractivity contribution in [3.8, 4) is 11.6 Å². The van der Waals surface area contributed by atoms with Gasteiger partial charge in [-0.2, -0.15) is 0 Å². The molecule has 0 spiro atoms. The van der Waals surface area contributed by atoms with Crippen LogP contribution in [0.15, 0.2) is 9.59 Å². The molecule has 1 heterocycles. The van der Waals surface area contributed by atoms with Gasteiger partial charge in [-0.3, -0.25) is 14.8 Å². The highest BCUT2D eigenvalue weighted by Crippen LogP contribution is 2.05. The first-order valence-electron chi connectivity index (χ1n) is 2.34. The van der Waals surface area contributed by atoms with Crippen LogP contribution in [0.4, 0.5) is 0 Å². The van der Waals surface area contributed by atoms with Gasteiger partial charge in [-0.25, -0.2) is 4.79 Å².